The van der Waals surface area contributed by atoms with Crippen LogP contribution in [0.15, 0.2) is 42.5 Å². The van der Waals surface area contributed by atoms with E-state index >= 15 is 0 Å². The van der Waals surface area contributed by atoms with Crippen LogP contribution < -0.4 is 15.4 Å². The highest BCUT2D eigenvalue weighted by Gasteiger charge is 2.06. The molecule has 0 atom stereocenters. The summed E-state index contributed by atoms with van der Waals surface area (Å²) in [6.07, 6.45) is 5.78. The number of anilines is 1. The summed E-state index contributed by atoms with van der Waals surface area (Å²) in [5.41, 5.74) is 2.01. The van der Waals surface area contributed by atoms with Gasteiger partial charge < -0.3 is 15.4 Å². The van der Waals surface area contributed by atoms with E-state index in [0.717, 1.165) is 11.1 Å². The second-order valence-electron chi connectivity index (χ2n) is 5.25. The molecule has 2 rings (SSSR count). The lowest BCUT2D eigenvalue weighted by molar-refractivity contribution is 0.252. The average molecular weight is 326 g/mol. The molecule has 2 aromatic rings. The van der Waals surface area contributed by atoms with Crippen LogP contribution in [0.5, 0.6) is 5.75 Å². The largest absolute Gasteiger partial charge is 0.481 e. The first kappa shape index (κ1) is 17.4. The minimum atomic E-state index is -0.451. The van der Waals surface area contributed by atoms with Crippen LogP contribution in [0.1, 0.15) is 11.1 Å². The maximum absolute atomic E-state index is 13.7. The number of amides is 2. The van der Waals surface area contributed by atoms with E-state index in [1.165, 1.54) is 6.07 Å². The third-order valence-electron chi connectivity index (χ3n) is 3.32. The molecule has 24 heavy (non-hydrogen) atoms. The van der Waals surface area contributed by atoms with Crippen molar-refractivity contribution in [3.05, 3.63) is 59.4 Å². The minimum absolute atomic E-state index is 0.160. The van der Waals surface area contributed by atoms with E-state index < -0.39 is 11.8 Å². The van der Waals surface area contributed by atoms with Gasteiger partial charge in [-0.2, -0.15) is 0 Å². The Morgan fingerprint density at radius 1 is 1.25 bits per heavy atom. The Bertz CT molecular complexity index is 736. The number of terminal acetylenes is 1. The van der Waals surface area contributed by atoms with Gasteiger partial charge in [-0.05, 0) is 48.7 Å². The molecule has 0 saturated heterocycles. The van der Waals surface area contributed by atoms with Gasteiger partial charge in [-0.25, -0.2) is 9.18 Å². The van der Waals surface area contributed by atoms with Gasteiger partial charge in [0.15, 0.2) is 0 Å². The Morgan fingerprint density at radius 3 is 2.67 bits per heavy atom. The van der Waals surface area contributed by atoms with E-state index in [0.29, 0.717) is 18.7 Å². The Balaban J connectivity index is 1.77. The molecule has 0 aliphatic carbocycles. The molecule has 0 spiro atoms. The number of carbonyl (C=O) groups is 1. The molecule has 2 N–H and O–H groups in total. The summed E-state index contributed by atoms with van der Waals surface area (Å²) in [6.45, 7) is 2.45. The molecule has 124 valence electrons. The van der Waals surface area contributed by atoms with Crippen molar-refractivity contribution in [3.63, 3.8) is 0 Å². The number of ether oxygens (including phenoxy) is 1. The van der Waals surface area contributed by atoms with Crippen molar-refractivity contribution in [3.8, 4) is 18.1 Å². The summed E-state index contributed by atoms with van der Waals surface area (Å²) in [5.74, 6) is 2.66. The Kier molecular flexibility index (Phi) is 6.21. The first-order chi connectivity index (χ1) is 11.6. The molecule has 2 aromatic carbocycles. The average Bonchev–Trinajstić information content (AvgIpc) is 2.57. The summed E-state index contributed by atoms with van der Waals surface area (Å²) in [4.78, 5) is 11.8. The smallest absolute Gasteiger partial charge is 0.319 e. The summed E-state index contributed by atoms with van der Waals surface area (Å²) >= 11 is 0. The zero-order valence-electron chi connectivity index (χ0n) is 13.4. The lowest BCUT2D eigenvalue weighted by atomic mass is 10.1. The number of hydrogen-bond donors (Lipinski definition) is 2. The highest BCUT2D eigenvalue weighted by atomic mass is 19.1. The first-order valence-electron chi connectivity index (χ1n) is 7.54. The molecule has 4 nitrogen and oxygen atoms in total. The van der Waals surface area contributed by atoms with Crippen LogP contribution >= 0.6 is 0 Å². The highest BCUT2D eigenvalue weighted by molar-refractivity contribution is 5.89. The van der Waals surface area contributed by atoms with Gasteiger partial charge in [0.05, 0.1) is 5.69 Å². The van der Waals surface area contributed by atoms with Crippen LogP contribution in [-0.4, -0.2) is 19.2 Å². The van der Waals surface area contributed by atoms with Gasteiger partial charge >= 0.3 is 6.03 Å². The van der Waals surface area contributed by atoms with Gasteiger partial charge in [0.25, 0.3) is 0 Å². The highest BCUT2D eigenvalue weighted by Crippen LogP contribution is 2.15. The van der Waals surface area contributed by atoms with E-state index in [2.05, 4.69) is 16.6 Å². The van der Waals surface area contributed by atoms with E-state index in [9.17, 15) is 9.18 Å². The SMILES string of the molecule is C#CCOc1ccc(CCNC(=O)Nc2ccc(C)cc2F)cc1. The van der Waals surface area contributed by atoms with Crippen molar-refractivity contribution in [2.75, 3.05) is 18.5 Å². The third-order valence-corrected chi connectivity index (χ3v) is 3.32. The Hall–Kier alpha value is -3.00. The van der Waals surface area contributed by atoms with Crippen molar-refractivity contribution >= 4 is 11.7 Å². The van der Waals surface area contributed by atoms with Crippen LogP contribution in [0.25, 0.3) is 0 Å². The van der Waals surface area contributed by atoms with Gasteiger partial charge in [-0.15, -0.1) is 6.42 Å². The monoisotopic (exact) mass is 326 g/mol. The number of aryl methyl sites for hydroxylation is 1. The topological polar surface area (TPSA) is 50.4 Å². The first-order valence-corrected chi connectivity index (χ1v) is 7.54. The van der Waals surface area contributed by atoms with Crippen LogP contribution in [0.2, 0.25) is 0 Å². The van der Waals surface area contributed by atoms with E-state index in [4.69, 9.17) is 11.2 Å². The van der Waals surface area contributed by atoms with Gasteiger partial charge in [-0.1, -0.05) is 24.1 Å². The van der Waals surface area contributed by atoms with Crippen molar-refractivity contribution in [1.29, 1.82) is 0 Å². The number of rotatable bonds is 6. The fourth-order valence-corrected chi connectivity index (χ4v) is 2.09. The number of nitrogens with one attached hydrogen (secondary N) is 2. The number of urea groups is 1. The van der Waals surface area contributed by atoms with Crippen LogP contribution in [0.4, 0.5) is 14.9 Å². The van der Waals surface area contributed by atoms with Gasteiger partial charge in [0.2, 0.25) is 0 Å². The molecule has 0 heterocycles. The molecule has 0 aliphatic heterocycles. The van der Waals surface area contributed by atoms with Gasteiger partial charge in [0.1, 0.15) is 18.2 Å². The van der Waals surface area contributed by atoms with Gasteiger partial charge in [-0.3, -0.25) is 0 Å². The number of hydrogen-bond acceptors (Lipinski definition) is 2. The maximum Gasteiger partial charge on any atom is 0.319 e. The predicted octanol–water partition coefficient (Wildman–Crippen LogP) is 3.51. The summed E-state index contributed by atoms with van der Waals surface area (Å²) < 4.78 is 18.9. The molecule has 2 amide bonds. The molecule has 0 aromatic heterocycles. The Morgan fingerprint density at radius 2 is 2.00 bits per heavy atom. The van der Waals surface area contributed by atoms with Crippen molar-refractivity contribution < 1.29 is 13.9 Å². The van der Waals surface area contributed by atoms with Crippen LogP contribution in [0, 0.1) is 25.1 Å². The van der Waals surface area contributed by atoms with Gasteiger partial charge in [0, 0.05) is 6.54 Å². The molecule has 0 aliphatic rings. The number of benzene rings is 2. The quantitative estimate of drug-likeness (QED) is 0.798. The third kappa shape index (κ3) is 5.33. The standard InChI is InChI=1S/C19H19FN2O2/c1-3-12-24-16-7-5-15(6-8-16)10-11-21-19(23)22-18-9-4-14(2)13-17(18)20/h1,4-9,13H,10-12H2,2H3,(H2,21,22,23). The second kappa shape index (κ2) is 8.59. The molecule has 5 heteroatoms. The molecule has 0 bridgehead atoms. The van der Waals surface area contributed by atoms with E-state index in [1.54, 1.807) is 19.1 Å². The van der Waals surface area contributed by atoms with E-state index in [1.807, 2.05) is 24.3 Å². The molecule has 0 fully saturated rings. The predicted molar refractivity (Wildman–Crippen MR) is 92.6 cm³/mol. The Labute approximate surface area is 141 Å². The normalized spacial score (nSPS) is 9.88. The molecule has 0 unspecified atom stereocenters. The number of halogens is 1. The molecule has 0 radical (unpaired) electrons. The zero-order chi connectivity index (χ0) is 17.4. The molecular formula is C19H19FN2O2. The molecular weight excluding hydrogens is 307 g/mol. The molecule has 0 saturated carbocycles. The van der Waals surface area contributed by atoms with Crippen LogP contribution in [0.3, 0.4) is 0 Å². The lowest BCUT2D eigenvalue weighted by Gasteiger charge is -2.09. The van der Waals surface area contributed by atoms with Crippen LogP contribution in [-0.2, 0) is 6.42 Å². The zero-order valence-corrected chi connectivity index (χ0v) is 13.4. The van der Waals surface area contributed by atoms with Crippen molar-refractivity contribution in [2.24, 2.45) is 0 Å². The summed E-state index contributed by atoms with van der Waals surface area (Å²) in [6, 6.07) is 11.7. The number of carbonyl (C=O) groups excluding carboxylic acids is 1. The lowest BCUT2D eigenvalue weighted by Crippen LogP contribution is -2.30. The fourth-order valence-electron chi connectivity index (χ4n) is 2.09. The summed E-state index contributed by atoms with van der Waals surface area (Å²) in [5, 5.41) is 5.19. The second-order valence-corrected chi connectivity index (χ2v) is 5.25. The fraction of sp³-hybridized carbons (Fsp3) is 0.211. The maximum atomic E-state index is 13.7. The summed E-state index contributed by atoms with van der Waals surface area (Å²) in [7, 11) is 0. The van der Waals surface area contributed by atoms with Crippen molar-refractivity contribution in [2.45, 2.75) is 13.3 Å². The minimum Gasteiger partial charge on any atom is -0.481 e. The van der Waals surface area contributed by atoms with Crippen molar-refractivity contribution in [1.82, 2.24) is 5.32 Å². The van der Waals surface area contributed by atoms with E-state index in [-0.39, 0.29) is 12.3 Å².